The topological polar surface area (TPSA) is 17.1 Å². The first-order valence-corrected chi connectivity index (χ1v) is 4.73. The maximum absolute atomic E-state index is 12.7. The summed E-state index contributed by atoms with van der Waals surface area (Å²) in [5.74, 6) is -0.359. The average Bonchev–Trinajstić information content (AvgIpc) is 2.10. The molecule has 3 heteroatoms. The number of benzene rings is 1. The van der Waals surface area contributed by atoms with Gasteiger partial charge in [-0.25, -0.2) is 4.39 Å². The Morgan fingerprint density at radius 2 is 2.14 bits per heavy atom. The minimum Gasteiger partial charge on any atom is -0.303 e. The number of aldehydes is 1. The zero-order valence-electron chi connectivity index (χ0n) is 8.18. The Morgan fingerprint density at radius 1 is 1.50 bits per heavy atom. The molecule has 0 spiro atoms. The van der Waals surface area contributed by atoms with Crippen LogP contribution in [0.15, 0.2) is 18.2 Å². The molecule has 0 atom stereocenters. The van der Waals surface area contributed by atoms with Gasteiger partial charge in [0.05, 0.1) is 0 Å². The Balaban J connectivity index is 2.92. The summed E-state index contributed by atoms with van der Waals surface area (Å²) in [5.41, 5.74) is 0.340. The van der Waals surface area contributed by atoms with E-state index in [-0.39, 0.29) is 5.82 Å². The van der Waals surface area contributed by atoms with Gasteiger partial charge in [0.15, 0.2) is 0 Å². The van der Waals surface area contributed by atoms with Crippen LogP contribution in [0.3, 0.4) is 0 Å². The summed E-state index contributed by atoms with van der Waals surface area (Å²) in [4.78, 5) is 10.7. The molecule has 0 fully saturated rings. The third-order valence-corrected chi connectivity index (χ3v) is 2.33. The van der Waals surface area contributed by atoms with Crippen LogP contribution in [0.1, 0.15) is 19.4 Å². The summed E-state index contributed by atoms with van der Waals surface area (Å²) in [6.07, 6.45) is 1.41. The first-order chi connectivity index (χ1) is 6.44. The average molecular weight is 215 g/mol. The standard InChI is InChI=1S/C11H12ClFO/c1-11(2,7-14)6-8-3-4-9(13)5-10(8)12/h3-5,7H,6H2,1-2H3. The zero-order chi connectivity index (χ0) is 10.8. The molecule has 0 saturated carbocycles. The molecule has 0 saturated heterocycles. The highest BCUT2D eigenvalue weighted by Crippen LogP contribution is 2.25. The molecule has 0 radical (unpaired) electrons. The van der Waals surface area contributed by atoms with Gasteiger partial charge in [-0.15, -0.1) is 0 Å². The summed E-state index contributed by atoms with van der Waals surface area (Å²) < 4.78 is 12.7. The van der Waals surface area contributed by atoms with Crippen molar-refractivity contribution in [1.29, 1.82) is 0 Å². The van der Waals surface area contributed by atoms with Crippen molar-refractivity contribution in [2.24, 2.45) is 5.41 Å². The largest absolute Gasteiger partial charge is 0.303 e. The van der Waals surface area contributed by atoms with Crippen LogP contribution < -0.4 is 0 Å². The van der Waals surface area contributed by atoms with Crippen molar-refractivity contribution in [3.8, 4) is 0 Å². The van der Waals surface area contributed by atoms with Gasteiger partial charge in [-0.3, -0.25) is 0 Å². The summed E-state index contributed by atoms with van der Waals surface area (Å²) in [5, 5.41) is 0.375. The maximum atomic E-state index is 12.7. The molecule has 0 bridgehead atoms. The summed E-state index contributed by atoms with van der Waals surface area (Å²) in [6, 6.07) is 4.22. The van der Waals surface area contributed by atoms with E-state index >= 15 is 0 Å². The molecule has 1 nitrogen and oxygen atoms in total. The van der Waals surface area contributed by atoms with Crippen LogP contribution in [-0.2, 0) is 11.2 Å². The molecular weight excluding hydrogens is 203 g/mol. The Labute approximate surface area is 87.9 Å². The highest BCUT2D eigenvalue weighted by atomic mass is 35.5. The molecular formula is C11H12ClFO. The van der Waals surface area contributed by atoms with E-state index in [9.17, 15) is 9.18 Å². The maximum Gasteiger partial charge on any atom is 0.125 e. The second kappa shape index (κ2) is 4.09. The predicted molar refractivity (Wildman–Crippen MR) is 55.0 cm³/mol. The van der Waals surface area contributed by atoms with Crippen LogP contribution in [0, 0.1) is 11.2 Å². The molecule has 0 unspecified atom stereocenters. The van der Waals surface area contributed by atoms with Gasteiger partial charge in [0.25, 0.3) is 0 Å². The van der Waals surface area contributed by atoms with Crippen molar-refractivity contribution < 1.29 is 9.18 Å². The summed E-state index contributed by atoms with van der Waals surface area (Å²) >= 11 is 5.84. The van der Waals surface area contributed by atoms with Crippen LogP contribution in [0.25, 0.3) is 0 Å². The summed E-state index contributed by atoms with van der Waals surface area (Å²) in [6.45, 7) is 3.64. The minimum atomic E-state index is -0.457. The van der Waals surface area contributed by atoms with E-state index in [4.69, 9.17) is 11.6 Å². The molecule has 14 heavy (non-hydrogen) atoms. The molecule has 1 aromatic carbocycles. The lowest BCUT2D eigenvalue weighted by Crippen LogP contribution is -2.16. The van der Waals surface area contributed by atoms with Crippen molar-refractivity contribution in [3.63, 3.8) is 0 Å². The fourth-order valence-electron chi connectivity index (χ4n) is 1.20. The predicted octanol–water partition coefficient (Wildman–Crippen LogP) is 3.25. The highest BCUT2D eigenvalue weighted by Gasteiger charge is 2.18. The highest BCUT2D eigenvalue weighted by molar-refractivity contribution is 6.31. The lowest BCUT2D eigenvalue weighted by Gasteiger charge is -2.17. The Morgan fingerprint density at radius 3 is 2.64 bits per heavy atom. The van der Waals surface area contributed by atoms with E-state index in [1.54, 1.807) is 6.07 Å². The van der Waals surface area contributed by atoms with Crippen molar-refractivity contribution in [3.05, 3.63) is 34.6 Å². The minimum absolute atomic E-state index is 0.359. The fraction of sp³-hybridized carbons (Fsp3) is 0.364. The number of halogens is 2. The molecule has 0 aliphatic rings. The molecule has 1 rings (SSSR count). The van der Waals surface area contributed by atoms with Crippen molar-refractivity contribution >= 4 is 17.9 Å². The number of carbonyl (C=O) groups is 1. The SMILES string of the molecule is CC(C)(C=O)Cc1ccc(F)cc1Cl. The molecule has 76 valence electrons. The lowest BCUT2D eigenvalue weighted by atomic mass is 9.87. The van der Waals surface area contributed by atoms with E-state index in [1.165, 1.54) is 12.1 Å². The van der Waals surface area contributed by atoms with Crippen molar-refractivity contribution in [1.82, 2.24) is 0 Å². The second-order valence-electron chi connectivity index (χ2n) is 4.02. The molecule has 1 aromatic rings. The van der Waals surface area contributed by atoms with Crippen LogP contribution >= 0.6 is 11.6 Å². The van der Waals surface area contributed by atoms with Crippen LogP contribution in [0.4, 0.5) is 4.39 Å². The smallest absolute Gasteiger partial charge is 0.125 e. The van der Waals surface area contributed by atoms with Crippen LogP contribution in [-0.4, -0.2) is 6.29 Å². The van der Waals surface area contributed by atoms with E-state index in [0.717, 1.165) is 11.8 Å². The fourth-order valence-corrected chi connectivity index (χ4v) is 1.43. The van der Waals surface area contributed by atoms with E-state index in [2.05, 4.69) is 0 Å². The Bertz CT molecular complexity index is 347. The molecule has 0 amide bonds. The van der Waals surface area contributed by atoms with Crippen molar-refractivity contribution in [2.45, 2.75) is 20.3 Å². The van der Waals surface area contributed by atoms with Gasteiger partial charge in [-0.05, 0) is 24.1 Å². The quantitative estimate of drug-likeness (QED) is 0.706. The third kappa shape index (κ3) is 2.81. The van der Waals surface area contributed by atoms with E-state index in [0.29, 0.717) is 11.4 Å². The number of carbonyl (C=O) groups excluding carboxylic acids is 1. The van der Waals surface area contributed by atoms with Gasteiger partial charge in [0.1, 0.15) is 12.1 Å². The normalized spacial score (nSPS) is 11.4. The molecule has 0 N–H and O–H groups in total. The van der Waals surface area contributed by atoms with Gasteiger partial charge >= 0.3 is 0 Å². The monoisotopic (exact) mass is 214 g/mol. The summed E-state index contributed by atoms with van der Waals surface area (Å²) in [7, 11) is 0. The van der Waals surface area contributed by atoms with Gasteiger partial charge < -0.3 is 4.79 Å². The number of hydrogen-bond acceptors (Lipinski definition) is 1. The van der Waals surface area contributed by atoms with Crippen molar-refractivity contribution in [2.75, 3.05) is 0 Å². The van der Waals surface area contributed by atoms with Crippen LogP contribution in [0.2, 0.25) is 5.02 Å². The van der Waals surface area contributed by atoms with Gasteiger partial charge in [-0.1, -0.05) is 31.5 Å². The molecule has 0 aromatic heterocycles. The third-order valence-electron chi connectivity index (χ3n) is 1.98. The molecule has 0 aliphatic heterocycles. The Hall–Kier alpha value is -0.890. The zero-order valence-corrected chi connectivity index (χ0v) is 8.94. The van der Waals surface area contributed by atoms with Gasteiger partial charge in [-0.2, -0.15) is 0 Å². The molecule has 0 aliphatic carbocycles. The van der Waals surface area contributed by atoms with Gasteiger partial charge in [0.2, 0.25) is 0 Å². The number of hydrogen-bond donors (Lipinski definition) is 0. The van der Waals surface area contributed by atoms with E-state index < -0.39 is 5.41 Å². The van der Waals surface area contributed by atoms with Gasteiger partial charge in [0, 0.05) is 10.4 Å². The lowest BCUT2D eigenvalue weighted by molar-refractivity contribution is -0.114. The molecule has 0 heterocycles. The first-order valence-electron chi connectivity index (χ1n) is 4.35. The van der Waals surface area contributed by atoms with Crippen LogP contribution in [0.5, 0.6) is 0 Å². The first kappa shape index (κ1) is 11.2. The number of rotatable bonds is 3. The second-order valence-corrected chi connectivity index (χ2v) is 4.43. The van der Waals surface area contributed by atoms with E-state index in [1.807, 2.05) is 13.8 Å². The Kier molecular flexibility index (Phi) is 3.27.